The molecule has 0 heterocycles. The molecule has 0 amide bonds. The average Bonchev–Trinajstić information content (AvgIpc) is 2.03. The normalized spacial score (nSPS) is 7.92. The zero-order chi connectivity index (χ0) is 10.4. The predicted molar refractivity (Wildman–Crippen MR) is 55.3 cm³/mol. The Balaban J connectivity index is -0.000000101. The largest absolute Gasteiger partial charge is 0.396 e. The van der Waals surface area contributed by atoms with Crippen LogP contribution in [-0.4, -0.2) is 48.2 Å². The fourth-order valence-electron chi connectivity index (χ4n) is 0. The van der Waals surface area contributed by atoms with Gasteiger partial charge in [0, 0.05) is 11.5 Å². The van der Waals surface area contributed by atoms with Crippen molar-refractivity contribution in [2.45, 2.75) is 0 Å². The molecule has 0 radical (unpaired) electrons. The Bertz CT molecular complexity index is 69.1. The van der Waals surface area contributed by atoms with Gasteiger partial charge in [-0.2, -0.15) is 29.5 Å². The van der Waals surface area contributed by atoms with E-state index in [4.69, 9.17) is 23.5 Å². The molecule has 0 aromatic carbocycles. The van der Waals surface area contributed by atoms with Crippen LogP contribution in [0, 0.1) is 0 Å². The number of rotatable bonds is 2. The third kappa shape index (κ3) is 139. The fraction of sp³-hybridized carbons (Fsp3) is 1.00. The summed E-state index contributed by atoms with van der Waals surface area (Å²) in [6.07, 6.45) is 0. The molecule has 12 heavy (non-hydrogen) atoms. The van der Waals surface area contributed by atoms with E-state index < -0.39 is 11.4 Å². The number of hydrogen-bond acceptors (Lipinski definition) is 5. The third-order valence-electron chi connectivity index (χ3n) is 0.200. The van der Waals surface area contributed by atoms with E-state index in [1.807, 2.05) is 0 Å². The van der Waals surface area contributed by atoms with Crippen LogP contribution >= 0.6 is 25.3 Å². The summed E-state index contributed by atoms with van der Waals surface area (Å²) in [5.41, 5.74) is 0. The van der Waals surface area contributed by atoms with E-state index in [1.54, 1.807) is 0 Å². The van der Waals surface area contributed by atoms with Crippen LogP contribution < -0.4 is 0 Å². The standard InChI is InChI=1S/2C2H6OS.H2O3S/c2*3-1-2-4;1-4(2)3/h2*3-4H,1-2H2;(H2,1,2,3). The SMILES string of the molecule is O=S(O)O.OCCS.OCCS. The van der Waals surface area contributed by atoms with Gasteiger partial charge >= 0.3 is 0 Å². The number of thiol groups is 2. The molecule has 4 N–H and O–H groups in total. The highest BCUT2D eigenvalue weighted by molar-refractivity contribution is 7.80. The lowest BCUT2D eigenvalue weighted by Crippen LogP contribution is -1.76. The Morgan fingerprint density at radius 3 is 1.08 bits per heavy atom. The molecule has 0 aliphatic carbocycles. The summed E-state index contributed by atoms with van der Waals surface area (Å²) in [5.74, 6) is 1.14. The van der Waals surface area contributed by atoms with E-state index in [2.05, 4.69) is 25.3 Å². The topological polar surface area (TPSA) is 98.0 Å². The van der Waals surface area contributed by atoms with Gasteiger partial charge in [0.1, 0.15) is 0 Å². The second-order valence-electron chi connectivity index (χ2n) is 1.13. The summed E-state index contributed by atoms with van der Waals surface area (Å²) in [7, 11) is 0. The van der Waals surface area contributed by atoms with Gasteiger partial charge in [0.2, 0.25) is 0 Å². The number of aliphatic hydroxyl groups excluding tert-OH is 2. The molecule has 0 saturated heterocycles. The Morgan fingerprint density at radius 2 is 1.08 bits per heavy atom. The molecule has 0 aromatic rings. The van der Waals surface area contributed by atoms with Crippen LogP contribution in [0.25, 0.3) is 0 Å². The van der Waals surface area contributed by atoms with Gasteiger partial charge in [0.15, 0.2) is 0 Å². The van der Waals surface area contributed by atoms with Gasteiger partial charge in [-0.15, -0.1) is 0 Å². The summed E-state index contributed by atoms with van der Waals surface area (Å²) in [4.78, 5) is 0. The highest BCUT2D eigenvalue weighted by Crippen LogP contribution is 1.62. The Morgan fingerprint density at radius 1 is 1.00 bits per heavy atom. The molecule has 0 saturated carbocycles. The predicted octanol–water partition coefficient (Wildman–Crippen LogP) is -0.502. The van der Waals surface area contributed by atoms with Crippen LogP contribution in [0.3, 0.4) is 0 Å². The van der Waals surface area contributed by atoms with Crippen LogP contribution in [0.2, 0.25) is 0 Å². The Labute approximate surface area is 85.1 Å². The molecule has 0 atom stereocenters. The van der Waals surface area contributed by atoms with Crippen LogP contribution in [-0.2, 0) is 11.4 Å². The highest BCUT2D eigenvalue weighted by Gasteiger charge is 1.62. The summed E-state index contributed by atoms with van der Waals surface area (Å²) in [5, 5.41) is 15.6. The monoisotopic (exact) mass is 238 g/mol. The zero-order valence-electron chi connectivity index (χ0n) is 6.33. The lowest BCUT2D eigenvalue weighted by atomic mass is 10.9. The van der Waals surface area contributed by atoms with E-state index in [-0.39, 0.29) is 13.2 Å². The van der Waals surface area contributed by atoms with E-state index in [0.29, 0.717) is 11.5 Å². The lowest BCUT2D eigenvalue weighted by Gasteiger charge is -1.69. The first-order valence-corrected chi connectivity index (χ1v) is 5.13. The van der Waals surface area contributed by atoms with Crippen molar-refractivity contribution < 1.29 is 23.5 Å². The summed E-state index contributed by atoms with van der Waals surface area (Å²) in [6.45, 7) is 0.367. The molecule has 78 valence electrons. The smallest absolute Gasteiger partial charge is 0.299 e. The molecule has 0 aliphatic heterocycles. The average molecular weight is 238 g/mol. The third-order valence-corrected chi connectivity index (χ3v) is 0.600. The van der Waals surface area contributed by atoms with Crippen molar-refractivity contribution in [3.8, 4) is 0 Å². The molecule has 0 fully saturated rings. The minimum absolute atomic E-state index is 0.184. The molecule has 0 rings (SSSR count). The lowest BCUT2D eigenvalue weighted by molar-refractivity contribution is 0.322. The first-order valence-electron chi connectivity index (χ1n) is 2.80. The van der Waals surface area contributed by atoms with Crippen LogP contribution in [0.4, 0.5) is 0 Å². The van der Waals surface area contributed by atoms with Crippen molar-refractivity contribution in [1.29, 1.82) is 0 Å². The number of aliphatic hydroxyl groups is 2. The maximum absolute atomic E-state index is 8.67. The van der Waals surface area contributed by atoms with Crippen molar-refractivity contribution >= 4 is 36.6 Å². The fourth-order valence-corrected chi connectivity index (χ4v) is 0. The van der Waals surface area contributed by atoms with E-state index in [1.165, 1.54) is 0 Å². The minimum atomic E-state index is -2.61. The molecule has 5 nitrogen and oxygen atoms in total. The van der Waals surface area contributed by atoms with E-state index in [0.717, 1.165) is 0 Å². The number of hydrogen-bond donors (Lipinski definition) is 6. The zero-order valence-corrected chi connectivity index (χ0v) is 8.93. The molecule has 0 aliphatic rings. The maximum Gasteiger partial charge on any atom is 0.299 e. The van der Waals surface area contributed by atoms with Gasteiger partial charge in [0.05, 0.1) is 13.2 Å². The molecule has 0 aromatic heterocycles. The Kier molecular flexibility index (Phi) is 34.8. The van der Waals surface area contributed by atoms with Crippen molar-refractivity contribution in [2.75, 3.05) is 24.7 Å². The first kappa shape index (κ1) is 18.5. The molecule has 0 unspecified atom stereocenters. The molecular weight excluding hydrogens is 224 g/mol. The van der Waals surface area contributed by atoms with Crippen molar-refractivity contribution in [1.82, 2.24) is 0 Å². The van der Waals surface area contributed by atoms with Gasteiger partial charge in [0.25, 0.3) is 11.4 Å². The van der Waals surface area contributed by atoms with Gasteiger partial charge in [-0.3, -0.25) is 9.11 Å². The van der Waals surface area contributed by atoms with Crippen LogP contribution in [0.1, 0.15) is 0 Å². The Hall–Kier alpha value is 0.690. The van der Waals surface area contributed by atoms with Gasteiger partial charge < -0.3 is 10.2 Å². The summed E-state index contributed by atoms with van der Waals surface area (Å²) in [6, 6.07) is 0. The molecular formula is C4H14O5S3. The van der Waals surface area contributed by atoms with Crippen molar-refractivity contribution in [3.05, 3.63) is 0 Å². The maximum atomic E-state index is 8.67. The van der Waals surface area contributed by atoms with Crippen LogP contribution in [0.5, 0.6) is 0 Å². The molecule has 0 spiro atoms. The quantitative estimate of drug-likeness (QED) is 0.288. The van der Waals surface area contributed by atoms with E-state index >= 15 is 0 Å². The van der Waals surface area contributed by atoms with Gasteiger partial charge in [-0.05, 0) is 0 Å². The summed E-state index contributed by atoms with van der Waals surface area (Å²) >= 11 is 4.73. The second kappa shape index (κ2) is 22.6. The molecule has 0 bridgehead atoms. The second-order valence-corrected chi connectivity index (χ2v) is 2.48. The van der Waals surface area contributed by atoms with Gasteiger partial charge in [-0.25, -0.2) is 0 Å². The highest BCUT2D eigenvalue weighted by atomic mass is 32.2. The van der Waals surface area contributed by atoms with Gasteiger partial charge in [-0.1, -0.05) is 0 Å². The van der Waals surface area contributed by atoms with Crippen molar-refractivity contribution in [2.24, 2.45) is 0 Å². The minimum Gasteiger partial charge on any atom is -0.396 e. The van der Waals surface area contributed by atoms with Crippen LogP contribution in [0.15, 0.2) is 0 Å². The van der Waals surface area contributed by atoms with Crippen molar-refractivity contribution in [3.63, 3.8) is 0 Å². The first-order chi connectivity index (χ1) is 5.56. The van der Waals surface area contributed by atoms with E-state index in [9.17, 15) is 0 Å². The molecule has 8 heteroatoms. The summed E-state index contributed by atoms with van der Waals surface area (Å²) < 4.78 is 22.8.